The minimum Gasteiger partial charge on any atom is -0.478 e. The Morgan fingerprint density at radius 1 is 1.47 bits per heavy atom. The molecule has 5 nitrogen and oxygen atoms in total. The summed E-state index contributed by atoms with van der Waals surface area (Å²) in [5.41, 5.74) is 1.10. The maximum Gasteiger partial charge on any atom is 0.339 e. The number of carboxylic acids is 1. The summed E-state index contributed by atoms with van der Waals surface area (Å²) < 4.78 is 1.67. The summed E-state index contributed by atoms with van der Waals surface area (Å²) in [4.78, 5) is 13.4. The molecule has 1 aliphatic rings. The molecule has 1 saturated carbocycles. The van der Waals surface area contributed by atoms with Crippen LogP contribution in [0.2, 0.25) is 0 Å². The van der Waals surface area contributed by atoms with Crippen molar-refractivity contribution in [3.05, 3.63) is 17.5 Å². The van der Waals surface area contributed by atoms with Crippen LogP contribution in [0, 0.1) is 5.92 Å². The van der Waals surface area contributed by atoms with Gasteiger partial charge in [0.15, 0.2) is 0 Å². The van der Waals surface area contributed by atoms with Crippen molar-refractivity contribution in [1.29, 1.82) is 0 Å². The van der Waals surface area contributed by atoms with E-state index in [2.05, 4.69) is 24.0 Å². The highest BCUT2D eigenvalue weighted by molar-refractivity contribution is 5.88. The Balaban J connectivity index is 2.04. The molecular formula is C14H23N3O2. The summed E-state index contributed by atoms with van der Waals surface area (Å²) in [6.45, 7) is 2.96. The first-order chi connectivity index (χ1) is 8.99. The summed E-state index contributed by atoms with van der Waals surface area (Å²) in [6, 6.07) is 0.563. The molecule has 19 heavy (non-hydrogen) atoms. The van der Waals surface area contributed by atoms with Crippen molar-refractivity contribution in [3.8, 4) is 0 Å². The van der Waals surface area contributed by atoms with E-state index in [1.807, 2.05) is 0 Å². The quantitative estimate of drug-likeness (QED) is 0.906. The van der Waals surface area contributed by atoms with E-state index in [0.717, 1.165) is 11.6 Å². The molecule has 0 aromatic carbocycles. The first-order valence-electron chi connectivity index (χ1n) is 6.93. The lowest BCUT2D eigenvalue weighted by Crippen LogP contribution is -2.35. The average Bonchev–Trinajstić information content (AvgIpc) is 2.72. The Kier molecular flexibility index (Phi) is 4.24. The number of carbonyl (C=O) groups is 1. The van der Waals surface area contributed by atoms with E-state index < -0.39 is 5.97 Å². The predicted octanol–water partition coefficient (Wildman–Crippen LogP) is 2.13. The standard InChI is InChI=1S/C14H23N3O2/c1-10-4-6-11(7-5-10)16(2)9-13-12(14(18)19)8-15-17(13)3/h8,10-11H,4-7,9H2,1-3H3,(H,18,19). The molecule has 2 rings (SSSR count). The van der Waals surface area contributed by atoms with E-state index >= 15 is 0 Å². The minimum atomic E-state index is -0.895. The second-order valence-corrected chi connectivity index (χ2v) is 5.76. The van der Waals surface area contributed by atoms with Crippen LogP contribution < -0.4 is 0 Å². The molecule has 1 aromatic heterocycles. The van der Waals surface area contributed by atoms with E-state index in [9.17, 15) is 4.79 Å². The van der Waals surface area contributed by atoms with Crippen molar-refractivity contribution in [2.24, 2.45) is 13.0 Å². The average molecular weight is 265 g/mol. The molecule has 0 amide bonds. The van der Waals surface area contributed by atoms with Crippen LogP contribution in [-0.4, -0.2) is 38.8 Å². The third-order valence-corrected chi connectivity index (χ3v) is 4.30. The number of carboxylic acid groups (broad SMARTS) is 1. The van der Waals surface area contributed by atoms with Gasteiger partial charge in [0.1, 0.15) is 5.56 Å². The van der Waals surface area contributed by atoms with Gasteiger partial charge in [-0.15, -0.1) is 0 Å². The van der Waals surface area contributed by atoms with E-state index in [4.69, 9.17) is 5.11 Å². The number of aryl methyl sites for hydroxylation is 1. The van der Waals surface area contributed by atoms with Gasteiger partial charge in [-0.25, -0.2) is 4.79 Å². The molecule has 1 aliphatic carbocycles. The molecule has 0 spiro atoms. The van der Waals surface area contributed by atoms with Gasteiger partial charge < -0.3 is 5.11 Å². The summed E-state index contributed by atoms with van der Waals surface area (Å²) in [5.74, 6) is -0.0651. The summed E-state index contributed by atoms with van der Waals surface area (Å²) >= 11 is 0. The first-order valence-corrected chi connectivity index (χ1v) is 6.93. The van der Waals surface area contributed by atoms with Gasteiger partial charge in [-0.2, -0.15) is 5.10 Å². The van der Waals surface area contributed by atoms with Gasteiger partial charge in [0, 0.05) is 19.6 Å². The van der Waals surface area contributed by atoms with Gasteiger partial charge >= 0.3 is 5.97 Å². The summed E-state index contributed by atoms with van der Waals surface area (Å²) in [7, 11) is 3.89. The van der Waals surface area contributed by atoms with E-state index in [1.165, 1.54) is 31.9 Å². The van der Waals surface area contributed by atoms with Gasteiger partial charge in [-0.3, -0.25) is 9.58 Å². The smallest absolute Gasteiger partial charge is 0.339 e. The fourth-order valence-corrected chi connectivity index (χ4v) is 2.88. The highest BCUT2D eigenvalue weighted by Gasteiger charge is 2.24. The lowest BCUT2D eigenvalue weighted by molar-refractivity contribution is 0.0693. The third kappa shape index (κ3) is 3.15. The van der Waals surface area contributed by atoms with Crippen LogP contribution in [0.4, 0.5) is 0 Å². The number of rotatable bonds is 4. The highest BCUT2D eigenvalue weighted by Crippen LogP contribution is 2.27. The van der Waals surface area contributed by atoms with Crippen LogP contribution in [0.3, 0.4) is 0 Å². The molecular weight excluding hydrogens is 242 g/mol. The van der Waals surface area contributed by atoms with Crippen LogP contribution in [0.1, 0.15) is 48.7 Å². The molecule has 0 saturated heterocycles. The van der Waals surface area contributed by atoms with E-state index in [-0.39, 0.29) is 0 Å². The maximum absolute atomic E-state index is 11.2. The van der Waals surface area contributed by atoms with Crippen LogP contribution in [0.15, 0.2) is 6.20 Å². The Hall–Kier alpha value is -1.36. The van der Waals surface area contributed by atoms with E-state index in [0.29, 0.717) is 18.2 Å². The minimum absolute atomic E-state index is 0.318. The molecule has 0 bridgehead atoms. The van der Waals surface area contributed by atoms with Crippen molar-refractivity contribution in [2.75, 3.05) is 7.05 Å². The Bertz CT molecular complexity index is 448. The Morgan fingerprint density at radius 2 is 2.11 bits per heavy atom. The zero-order chi connectivity index (χ0) is 14.0. The second kappa shape index (κ2) is 5.74. The highest BCUT2D eigenvalue weighted by atomic mass is 16.4. The maximum atomic E-state index is 11.2. The number of nitrogens with zero attached hydrogens (tertiary/aromatic N) is 3. The molecule has 0 unspecified atom stereocenters. The molecule has 1 aromatic rings. The van der Waals surface area contributed by atoms with Crippen LogP contribution in [0.25, 0.3) is 0 Å². The molecule has 1 N–H and O–H groups in total. The van der Waals surface area contributed by atoms with Gasteiger partial charge in [-0.1, -0.05) is 6.92 Å². The Labute approximate surface area is 114 Å². The fourth-order valence-electron chi connectivity index (χ4n) is 2.88. The number of hydrogen-bond acceptors (Lipinski definition) is 3. The zero-order valence-corrected chi connectivity index (χ0v) is 12.0. The summed E-state index contributed by atoms with van der Waals surface area (Å²) in [5, 5.41) is 13.2. The van der Waals surface area contributed by atoms with Crippen molar-refractivity contribution < 1.29 is 9.90 Å². The third-order valence-electron chi connectivity index (χ3n) is 4.30. The van der Waals surface area contributed by atoms with Gasteiger partial charge in [0.05, 0.1) is 11.9 Å². The van der Waals surface area contributed by atoms with Gasteiger partial charge in [-0.05, 0) is 38.6 Å². The molecule has 1 fully saturated rings. The molecule has 0 aliphatic heterocycles. The van der Waals surface area contributed by atoms with Crippen LogP contribution in [0.5, 0.6) is 0 Å². The summed E-state index contributed by atoms with van der Waals surface area (Å²) in [6.07, 6.45) is 6.39. The number of hydrogen-bond donors (Lipinski definition) is 1. The van der Waals surface area contributed by atoms with Crippen molar-refractivity contribution in [3.63, 3.8) is 0 Å². The molecule has 0 atom stereocenters. The normalized spacial score (nSPS) is 23.8. The number of aromatic nitrogens is 2. The lowest BCUT2D eigenvalue weighted by atomic mass is 9.87. The van der Waals surface area contributed by atoms with Crippen molar-refractivity contribution in [1.82, 2.24) is 14.7 Å². The number of aromatic carboxylic acids is 1. The molecule has 106 valence electrons. The SMILES string of the molecule is CC1CCC(N(C)Cc2c(C(=O)O)cnn2C)CC1. The first kappa shape index (κ1) is 14.1. The fraction of sp³-hybridized carbons (Fsp3) is 0.714. The second-order valence-electron chi connectivity index (χ2n) is 5.76. The van der Waals surface area contributed by atoms with Crippen LogP contribution >= 0.6 is 0 Å². The monoisotopic (exact) mass is 265 g/mol. The lowest BCUT2D eigenvalue weighted by Gasteiger charge is -2.33. The zero-order valence-electron chi connectivity index (χ0n) is 12.0. The topological polar surface area (TPSA) is 58.4 Å². The van der Waals surface area contributed by atoms with E-state index in [1.54, 1.807) is 11.7 Å². The Morgan fingerprint density at radius 3 is 2.68 bits per heavy atom. The molecule has 1 heterocycles. The van der Waals surface area contributed by atoms with Crippen LogP contribution in [-0.2, 0) is 13.6 Å². The van der Waals surface area contributed by atoms with Gasteiger partial charge in [0.2, 0.25) is 0 Å². The largest absolute Gasteiger partial charge is 0.478 e. The van der Waals surface area contributed by atoms with Crippen molar-refractivity contribution in [2.45, 2.75) is 45.2 Å². The van der Waals surface area contributed by atoms with Gasteiger partial charge in [0.25, 0.3) is 0 Å². The van der Waals surface area contributed by atoms with Crippen molar-refractivity contribution >= 4 is 5.97 Å². The molecule has 5 heteroatoms. The predicted molar refractivity (Wildman–Crippen MR) is 73.1 cm³/mol. The molecule has 0 radical (unpaired) electrons.